The highest BCUT2D eigenvalue weighted by Gasteiger charge is 2.38. The predicted octanol–water partition coefficient (Wildman–Crippen LogP) is 6.05. The molecule has 6 rings (SSSR count). The van der Waals surface area contributed by atoms with Crippen molar-refractivity contribution >= 4 is 23.0 Å². The minimum atomic E-state index is -0.628. The molecule has 0 aliphatic carbocycles. The summed E-state index contributed by atoms with van der Waals surface area (Å²) in [6.07, 6.45) is 0.806. The molecule has 1 fully saturated rings. The molecule has 5 aromatic rings. The van der Waals surface area contributed by atoms with Crippen LogP contribution in [0.5, 0.6) is 0 Å². The number of aromatic nitrogens is 2. The molecule has 0 spiro atoms. The Balaban J connectivity index is 1.22. The number of esters is 1. The Hall–Kier alpha value is -5.03. The standard InChI is InChI=1S/C38H40N4O6/c1-3-46-35(44)21-40-38(45)39-20-27-8-6-9-29(18-27)30-10-7-11-31(19-30)37-47-34(22-42-24-41-32-12-4-5-13-33(32)42)25(2)36(48-37)28-16-14-26(23-43)15-17-28/h4-19,24-25,34,36-37,43H,3,20-23H2,1-2H3,(H2,39,40,45)/t25-,34+,36+,37+/m1/s1. The number of urea groups is 1. The number of aliphatic hydroxyl groups is 1. The van der Waals surface area contributed by atoms with E-state index in [-0.39, 0.29) is 44.4 Å². The zero-order chi connectivity index (χ0) is 33.5. The van der Waals surface area contributed by atoms with Crippen LogP contribution in [0.4, 0.5) is 4.79 Å². The van der Waals surface area contributed by atoms with Crippen molar-refractivity contribution < 1.29 is 28.9 Å². The second-order valence-electron chi connectivity index (χ2n) is 11.9. The molecular formula is C38H40N4O6. The van der Waals surface area contributed by atoms with Gasteiger partial charge in [0.15, 0.2) is 6.29 Å². The fraction of sp³-hybridized carbons (Fsp3) is 0.289. The van der Waals surface area contributed by atoms with Gasteiger partial charge in [-0.25, -0.2) is 9.78 Å². The van der Waals surface area contributed by atoms with Crippen molar-refractivity contribution in [3.05, 3.63) is 126 Å². The normalized spacial score (nSPS) is 19.1. The van der Waals surface area contributed by atoms with E-state index in [1.165, 1.54) is 0 Å². The van der Waals surface area contributed by atoms with E-state index in [1.807, 2.05) is 91.3 Å². The summed E-state index contributed by atoms with van der Waals surface area (Å²) in [4.78, 5) is 28.3. The van der Waals surface area contributed by atoms with E-state index in [1.54, 1.807) is 6.92 Å². The van der Waals surface area contributed by atoms with Gasteiger partial charge in [-0.15, -0.1) is 0 Å². The lowest BCUT2D eigenvalue weighted by molar-refractivity contribution is -0.276. The van der Waals surface area contributed by atoms with Gasteiger partial charge in [-0.05, 0) is 59.0 Å². The molecule has 1 saturated heterocycles. The van der Waals surface area contributed by atoms with E-state index in [0.717, 1.165) is 44.4 Å². The average Bonchev–Trinajstić information content (AvgIpc) is 3.53. The van der Waals surface area contributed by atoms with E-state index < -0.39 is 18.3 Å². The number of aliphatic hydroxyl groups excluding tert-OH is 1. The molecule has 0 unspecified atom stereocenters. The van der Waals surface area contributed by atoms with Crippen molar-refractivity contribution in [2.24, 2.45) is 5.92 Å². The van der Waals surface area contributed by atoms with Crippen molar-refractivity contribution in [2.75, 3.05) is 13.2 Å². The van der Waals surface area contributed by atoms with Crippen molar-refractivity contribution in [3.8, 4) is 11.1 Å². The van der Waals surface area contributed by atoms with Gasteiger partial charge in [0.05, 0.1) is 49.3 Å². The van der Waals surface area contributed by atoms with Gasteiger partial charge in [-0.2, -0.15) is 0 Å². The van der Waals surface area contributed by atoms with Crippen LogP contribution in [0.2, 0.25) is 0 Å². The Bertz CT molecular complexity index is 1860. The van der Waals surface area contributed by atoms with Crippen LogP contribution in [0.15, 0.2) is 103 Å². The van der Waals surface area contributed by atoms with Gasteiger partial charge in [0.2, 0.25) is 0 Å². The Morgan fingerprint density at radius 2 is 1.65 bits per heavy atom. The van der Waals surface area contributed by atoms with E-state index in [9.17, 15) is 14.7 Å². The SMILES string of the molecule is CCOC(=O)CNC(=O)NCc1cccc(-c2cccc([C@H]3O[C@@H](Cn4cnc5ccccc54)[C@@H](C)[C@@H](c4ccc(CO)cc4)O3)c2)c1. The van der Waals surface area contributed by atoms with Crippen LogP contribution in [0.3, 0.4) is 0 Å². The van der Waals surface area contributed by atoms with Crippen molar-refractivity contribution in [1.82, 2.24) is 20.2 Å². The highest BCUT2D eigenvalue weighted by atomic mass is 16.7. The smallest absolute Gasteiger partial charge is 0.325 e. The molecule has 48 heavy (non-hydrogen) atoms. The third kappa shape index (κ3) is 7.74. The van der Waals surface area contributed by atoms with Crippen LogP contribution in [0.1, 0.15) is 48.5 Å². The molecule has 4 aromatic carbocycles. The molecule has 4 atom stereocenters. The van der Waals surface area contributed by atoms with Crippen LogP contribution in [-0.2, 0) is 38.7 Å². The van der Waals surface area contributed by atoms with Crippen LogP contribution in [-0.4, -0.2) is 45.9 Å². The first-order valence-corrected chi connectivity index (χ1v) is 16.2. The third-order valence-electron chi connectivity index (χ3n) is 8.60. The van der Waals surface area contributed by atoms with Crippen LogP contribution in [0.25, 0.3) is 22.2 Å². The first-order valence-electron chi connectivity index (χ1n) is 16.2. The lowest BCUT2D eigenvalue weighted by Gasteiger charge is -2.41. The number of nitrogens with zero attached hydrogens (tertiary/aromatic N) is 2. The first-order chi connectivity index (χ1) is 23.4. The fourth-order valence-corrected chi connectivity index (χ4v) is 6.01. The predicted molar refractivity (Wildman–Crippen MR) is 181 cm³/mol. The maximum absolute atomic E-state index is 12.2. The maximum Gasteiger partial charge on any atom is 0.325 e. The van der Waals surface area contributed by atoms with Gasteiger partial charge in [-0.3, -0.25) is 4.79 Å². The van der Waals surface area contributed by atoms with Gasteiger partial charge in [0.25, 0.3) is 0 Å². The average molecular weight is 649 g/mol. The summed E-state index contributed by atoms with van der Waals surface area (Å²) in [5.74, 6) is -0.466. The number of nitrogens with one attached hydrogen (secondary N) is 2. The monoisotopic (exact) mass is 648 g/mol. The van der Waals surface area contributed by atoms with E-state index in [2.05, 4.69) is 39.2 Å². The number of imidazole rings is 1. The Morgan fingerprint density at radius 1 is 0.875 bits per heavy atom. The summed E-state index contributed by atoms with van der Waals surface area (Å²) in [6.45, 7) is 4.81. The van der Waals surface area contributed by atoms with Crippen LogP contribution < -0.4 is 10.6 Å². The zero-order valence-electron chi connectivity index (χ0n) is 27.0. The largest absolute Gasteiger partial charge is 0.465 e. The minimum Gasteiger partial charge on any atom is -0.465 e. The number of rotatable bonds is 11. The molecule has 10 heteroatoms. The van der Waals surface area contributed by atoms with Gasteiger partial charge in [-0.1, -0.05) is 79.7 Å². The molecule has 1 aliphatic heterocycles. The van der Waals surface area contributed by atoms with Crippen LogP contribution in [0, 0.1) is 5.92 Å². The number of para-hydroxylation sites is 2. The van der Waals surface area contributed by atoms with Crippen molar-refractivity contribution in [1.29, 1.82) is 0 Å². The molecule has 3 N–H and O–H groups in total. The molecule has 248 valence electrons. The van der Waals surface area contributed by atoms with Crippen molar-refractivity contribution in [3.63, 3.8) is 0 Å². The van der Waals surface area contributed by atoms with E-state index in [0.29, 0.717) is 6.54 Å². The summed E-state index contributed by atoms with van der Waals surface area (Å²) in [5.41, 5.74) is 7.61. The number of carbonyl (C=O) groups is 2. The molecule has 0 saturated carbocycles. The lowest BCUT2D eigenvalue weighted by Crippen LogP contribution is -2.39. The molecule has 1 aliphatic rings. The highest BCUT2D eigenvalue weighted by Crippen LogP contribution is 2.43. The second-order valence-corrected chi connectivity index (χ2v) is 11.9. The molecule has 1 aromatic heterocycles. The van der Waals surface area contributed by atoms with Gasteiger partial charge in [0.1, 0.15) is 6.54 Å². The molecule has 2 heterocycles. The van der Waals surface area contributed by atoms with Crippen LogP contribution >= 0.6 is 0 Å². The number of amides is 2. The summed E-state index contributed by atoms with van der Waals surface area (Å²) < 4.78 is 20.4. The topological polar surface area (TPSA) is 124 Å². The zero-order valence-corrected chi connectivity index (χ0v) is 27.0. The first kappa shape index (κ1) is 32.9. The Morgan fingerprint density at radius 3 is 2.44 bits per heavy atom. The number of fused-ring (bicyclic) bond motifs is 1. The number of ether oxygens (including phenoxy) is 3. The minimum absolute atomic E-state index is 0.0177. The Labute approximate surface area is 279 Å². The summed E-state index contributed by atoms with van der Waals surface area (Å²) >= 11 is 0. The fourth-order valence-electron chi connectivity index (χ4n) is 6.01. The molecule has 10 nitrogen and oxygen atoms in total. The van der Waals surface area contributed by atoms with E-state index in [4.69, 9.17) is 14.2 Å². The number of carbonyl (C=O) groups excluding carboxylic acids is 2. The quantitative estimate of drug-likeness (QED) is 0.149. The van der Waals surface area contributed by atoms with Gasteiger partial charge in [0, 0.05) is 18.0 Å². The second kappa shape index (κ2) is 15.2. The molecule has 0 radical (unpaired) electrons. The van der Waals surface area contributed by atoms with E-state index >= 15 is 0 Å². The summed E-state index contributed by atoms with van der Waals surface area (Å²) in [6, 6.07) is 31.6. The highest BCUT2D eigenvalue weighted by molar-refractivity contribution is 5.80. The number of hydrogen-bond donors (Lipinski definition) is 3. The molecule has 0 bridgehead atoms. The Kier molecular flexibility index (Phi) is 10.4. The van der Waals surface area contributed by atoms with Crippen molar-refractivity contribution in [2.45, 2.75) is 52.0 Å². The summed E-state index contributed by atoms with van der Waals surface area (Å²) in [5, 5.41) is 14.9. The summed E-state index contributed by atoms with van der Waals surface area (Å²) in [7, 11) is 0. The maximum atomic E-state index is 12.2. The number of benzene rings is 4. The molecule has 2 amide bonds. The van der Waals surface area contributed by atoms with Gasteiger partial charge < -0.3 is 34.5 Å². The molecular weight excluding hydrogens is 608 g/mol. The third-order valence-corrected chi connectivity index (χ3v) is 8.60. The van der Waals surface area contributed by atoms with Gasteiger partial charge >= 0.3 is 12.0 Å². The lowest BCUT2D eigenvalue weighted by atomic mass is 9.90. The number of hydrogen-bond acceptors (Lipinski definition) is 7.